The van der Waals surface area contributed by atoms with Gasteiger partial charge in [-0.25, -0.2) is 9.97 Å². The lowest BCUT2D eigenvalue weighted by atomic mass is 10.1. The lowest BCUT2D eigenvalue weighted by molar-refractivity contribution is 0.391. The summed E-state index contributed by atoms with van der Waals surface area (Å²) in [5, 5.41) is 18.0. The Kier molecular flexibility index (Phi) is 7.65. The molecule has 0 bridgehead atoms. The van der Waals surface area contributed by atoms with Crippen molar-refractivity contribution in [3.8, 4) is 34.6 Å². The van der Waals surface area contributed by atoms with Gasteiger partial charge in [0.1, 0.15) is 29.1 Å². The molecule has 0 amide bonds. The summed E-state index contributed by atoms with van der Waals surface area (Å²) in [4.78, 5) is 13.0. The average molecular weight is 503 g/mol. The van der Waals surface area contributed by atoms with Gasteiger partial charge >= 0.3 is 0 Å². The molecule has 3 heterocycles. The van der Waals surface area contributed by atoms with Crippen LogP contribution in [0.5, 0.6) is 11.5 Å². The Morgan fingerprint density at radius 2 is 1.72 bits per heavy atom. The van der Waals surface area contributed by atoms with Crippen molar-refractivity contribution in [1.82, 2.24) is 29.7 Å². The predicted octanol–water partition coefficient (Wildman–Crippen LogP) is 4.57. The van der Waals surface area contributed by atoms with Crippen molar-refractivity contribution in [3.63, 3.8) is 0 Å². The van der Waals surface area contributed by atoms with Gasteiger partial charge in [-0.05, 0) is 42.6 Å². The molecular weight excluding hydrogens is 476 g/mol. The number of ether oxygens (including phenoxy) is 2. The summed E-state index contributed by atoms with van der Waals surface area (Å²) in [6.45, 7) is 6.09. The maximum atomic E-state index is 9.00. The van der Waals surface area contributed by atoms with E-state index < -0.39 is 0 Å². The van der Waals surface area contributed by atoms with Crippen molar-refractivity contribution < 1.29 is 9.47 Å². The van der Waals surface area contributed by atoms with Crippen molar-refractivity contribution in [1.29, 1.82) is 5.26 Å². The van der Waals surface area contributed by atoms with Crippen LogP contribution in [-0.4, -0.2) is 49.2 Å². The molecule has 1 aromatic carbocycles. The SMILES string of the molecule is COc1cccc(OC)c1-n1c(NSC(C)C(C)c2ncc(C#N)cn2)nnc1-c1cncc(C)c1. The van der Waals surface area contributed by atoms with E-state index >= 15 is 0 Å². The molecule has 11 heteroatoms. The maximum Gasteiger partial charge on any atom is 0.239 e. The van der Waals surface area contributed by atoms with Gasteiger partial charge in [0.05, 0.1) is 19.8 Å². The van der Waals surface area contributed by atoms with Gasteiger partial charge in [-0.15, -0.1) is 10.2 Å². The van der Waals surface area contributed by atoms with Gasteiger partial charge in [-0.2, -0.15) is 5.26 Å². The third-order valence-electron chi connectivity index (χ3n) is 5.67. The number of hydrogen-bond donors (Lipinski definition) is 1. The summed E-state index contributed by atoms with van der Waals surface area (Å²) >= 11 is 1.47. The maximum absolute atomic E-state index is 9.00. The largest absolute Gasteiger partial charge is 0.494 e. The number of methoxy groups -OCH3 is 2. The first kappa shape index (κ1) is 24.9. The van der Waals surface area contributed by atoms with E-state index in [2.05, 4.69) is 36.8 Å². The number of para-hydroxylation sites is 1. The molecule has 0 aliphatic heterocycles. The molecule has 4 aromatic rings. The molecule has 10 nitrogen and oxygen atoms in total. The van der Waals surface area contributed by atoms with Gasteiger partial charge < -0.3 is 9.47 Å². The smallest absolute Gasteiger partial charge is 0.239 e. The van der Waals surface area contributed by atoms with Crippen LogP contribution in [0.1, 0.15) is 36.7 Å². The van der Waals surface area contributed by atoms with Crippen LogP contribution in [0.2, 0.25) is 0 Å². The Bertz CT molecular complexity index is 1360. The highest BCUT2D eigenvalue weighted by Crippen LogP contribution is 2.38. The Morgan fingerprint density at radius 1 is 1.03 bits per heavy atom. The molecule has 1 N–H and O–H groups in total. The average Bonchev–Trinajstić information content (AvgIpc) is 3.34. The predicted molar refractivity (Wildman–Crippen MR) is 138 cm³/mol. The summed E-state index contributed by atoms with van der Waals surface area (Å²) in [6, 6.07) is 9.63. The zero-order valence-electron chi connectivity index (χ0n) is 20.6. The highest BCUT2D eigenvalue weighted by Gasteiger charge is 2.24. The lowest BCUT2D eigenvalue weighted by Crippen LogP contribution is -2.15. The third-order valence-corrected chi connectivity index (χ3v) is 6.75. The van der Waals surface area contributed by atoms with Crippen molar-refractivity contribution >= 4 is 17.9 Å². The first-order valence-corrected chi connectivity index (χ1v) is 12.1. The minimum atomic E-state index is 0.00727. The number of rotatable bonds is 9. The van der Waals surface area contributed by atoms with Crippen LogP contribution in [0, 0.1) is 18.3 Å². The summed E-state index contributed by atoms with van der Waals surface area (Å²) < 4.78 is 16.6. The van der Waals surface area contributed by atoms with Gasteiger partial charge in [0.25, 0.3) is 0 Å². The van der Waals surface area contributed by atoms with E-state index in [9.17, 15) is 0 Å². The van der Waals surface area contributed by atoms with Crippen molar-refractivity contribution in [3.05, 3.63) is 66.0 Å². The zero-order chi connectivity index (χ0) is 25.7. The number of pyridine rings is 1. The van der Waals surface area contributed by atoms with E-state index in [0.717, 1.165) is 11.1 Å². The fourth-order valence-electron chi connectivity index (χ4n) is 3.57. The van der Waals surface area contributed by atoms with Gasteiger partial charge in [-0.3, -0.25) is 14.3 Å². The fraction of sp³-hybridized carbons (Fsp3) is 0.280. The van der Waals surface area contributed by atoms with Crippen LogP contribution in [0.15, 0.2) is 49.1 Å². The van der Waals surface area contributed by atoms with E-state index in [0.29, 0.717) is 40.3 Å². The number of aromatic nitrogens is 6. The monoisotopic (exact) mass is 502 g/mol. The molecule has 0 aliphatic carbocycles. The summed E-state index contributed by atoms with van der Waals surface area (Å²) in [5.41, 5.74) is 2.91. The van der Waals surface area contributed by atoms with E-state index in [-0.39, 0.29) is 11.2 Å². The Morgan fingerprint density at radius 3 is 2.33 bits per heavy atom. The van der Waals surface area contributed by atoms with Crippen LogP contribution < -0.4 is 14.2 Å². The van der Waals surface area contributed by atoms with Crippen molar-refractivity contribution in [2.45, 2.75) is 31.9 Å². The Labute approximate surface area is 213 Å². The van der Waals surface area contributed by atoms with Crippen LogP contribution in [-0.2, 0) is 0 Å². The fourth-order valence-corrected chi connectivity index (χ4v) is 4.32. The highest BCUT2D eigenvalue weighted by atomic mass is 32.2. The van der Waals surface area contributed by atoms with Gasteiger partial charge in [0, 0.05) is 41.5 Å². The molecule has 2 unspecified atom stereocenters. The zero-order valence-corrected chi connectivity index (χ0v) is 21.4. The molecule has 0 radical (unpaired) electrons. The lowest BCUT2D eigenvalue weighted by Gasteiger charge is -2.20. The van der Waals surface area contributed by atoms with Gasteiger partial charge in [-0.1, -0.05) is 19.9 Å². The van der Waals surface area contributed by atoms with Crippen LogP contribution >= 0.6 is 11.9 Å². The van der Waals surface area contributed by atoms with E-state index in [1.165, 1.54) is 24.3 Å². The molecule has 0 saturated heterocycles. The molecule has 0 saturated carbocycles. The van der Waals surface area contributed by atoms with Crippen molar-refractivity contribution in [2.24, 2.45) is 0 Å². The Balaban J connectivity index is 1.71. The first-order valence-electron chi connectivity index (χ1n) is 11.2. The quantitative estimate of drug-likeness (QED) is 0.325. The number of nitrogens with one attached hydrogen (secondary N) is 1. The number of aryl methyl sites for hydroxylation is 1. The van der Waals surface area contributed by atoms with E-state index in [1.807, 2.05) is 48.7 Å². The molecule has 0 spiro atoms. The molecule has 36 heavy (non-hydrogen) atoms. The van der Waals surface area contributed by atoms with Crippen LogP contribution in [0.4, 0.5) is 5.95 Å². The highest BCUT2D eigenvalue weighted by molar-refractivity contribution is 8.01. The second-order valence-corrected chi connectivity index (χ2v) is 9.28. The van der Waals surface area contributed by atoms with Gasteiger partial charge in [0.15, 0.2) is 5.82 Å². The van der Waals surface area contributed by atoms with E-state index in [4.69, 9.17) is 14.7 Å². The standard InChI is InChI=1S/C25H26N8O2S/c1-15-9-19(14-27-11-15)24-30-31-25(33(24)22-20(34-4)7-6-8-21(22)35-5)32-36-17(3)16(2)23-28-12-18(10-26)13-29-23/h6-9,11-14,16-17H,1-5H3,(H,31,32). The number of benzene rings is 1. The molecular formula is C25H26N8O2S. The second kappa shape index (κ2) is 11.0. The topological polar surface area (TPSA) is 124 Å². The second-order valence-electron chi connectivity index (χ2n) is 8.10. The van der Waals surface area contributed by atoms with Crippen LogP contribution in [0.25, 0.3) is 17.1 Å². The summed E-state index contributed by atoms with van der Waals surface area (Å²) in [7, 11) is 3.22. The summed E-state index contributed by atoms with van der Waals surface area (Å²) in [5.74, 6) is 2.98. The van der Waals surface area contributed by atoms with Crippen LogP contribution in [0.3, 0.4) is 0 Å². The molecule has 0 fully saturated rings. The third kappa shape index (κ3) is 5.08. The first-order chi connectivity index (χ1) is 17.5. The molecule has 2 atom stereocenters. The summed E-state index contributed by atoms with van der Waals surface area (Å²) in [6.07, 6.45) is 6.61. The Hall–Kier alpha value is -4.17. The minimum absolute atomic E-state index is 0.00727. The molecule has 4 rings (SSSR count). The number of nitrogens with zero attached hydrogens (tertiary/aromatic N) is 7. The van der Waals surface area contributed by atoms with E-state index in [1.54, 1.807) is 26.6 Å². The van der Waals surface area contributed by atoms with Crippen molar-refractivity contribution in [2.75, 3.05) is 18.9 Å². The number of anilines is 1. The number of hydrogen-bond acceptors (Lipinski definition) is 10. The van der Waals surface area contributed by atoms with Gasteiger partial charge in [0.2, 0.25) is 5.95 Å². The minimum Gasteiger partial charge on any atom is -0.494 e. The number of nitriles is 1. The molecule has 0 aliphatic rings. The normalized spacial score (nSPS) is 12.4. The molecule has 184 valence electrons. The molecule has 3 aromatic heterocycles.